The van der Waals surface area contributed by atoms with Crippen LogP contribution in [0.5, 0.6) is 0 Å². The van der Waals surface area contributed by atoms with Gasteiger partial charge >= 0.3 is 0 Å². The summed E-state index contributed by atoms with van der Waals surface area (Å²) >= 11 is 0. The van der Waals surface area contributed by atoms with Gasteiger partial charge in [-0.15, -0.1) is 5.10 Å². The van der Waals surface area contributed by atoms with Crippen LogP contribution in [0.1, 0.15) is 23.3 Å². The summed E-state index contributed by atoms with van der Waals surface area (Å²) < 4.78 is 7.05. The zero-order valence-corrected chi connectivity index (χ0v) is 11.6. The molecule has 20 heavy (non-hydrogen) atoms. The fraction of sp³-hybridized carbons (Fsp3) is 0.769. The first kappa shape index (κ1) is 13.5. The third kappa shape index (κ3) is 3.16. The minimum atomic E-state index is -0.0404. The molecule has 0 spiro atoms. The number of ether oxygens (including phenoxy) is 1. The van der Waals surface area contributed by atoms with E-state index < -0.39 is 0 Å². The van der Waals surface area contributed by atoms with E-state index in [4.69, 9.17) is 4.74 Å². The number of carbonyl (C=O) groups is 1. The molecule has 0 bridgehead atoms. The van der Waals surface area contributed by atoms with E-state index in [1.54, 1.807) is 15.8 Å². The maximum absolute atomic E-state index is 12.2. The molecule has 0 radical (unpaired) electrons. The molecule has 110 valence electrons. The Labute approximate surface area is 118 Å². The summed E-state index contributed by atoms with van der Waals surface area (Å²) in [5, 5.41) is 11.5. The van der Waals surface area contributed by atoms with Crippen molar-refractivity contribution in [1.29, 1.82) is 0 Å². The molecular formula is C13H21N5O2. The number of morpholine rings is 1. The summed E-state index contributed by atoms with van der Waals surface area (Å²) in [6.07, 6.45) is 4.19. The number of amides is 1. The summed E-state index contributed by atoms with van der Waals surface area (Å²) in [5.74, 6) is 0.540. The predicted octanol–water partition coefficient (Wildman–Crippen LogP) is -0.250. The lowest BCUT2D eigenvalue weighted by Crippen LogP contribution is -2.40. The van der Waals surface area contributed by atoms with Crippen molar-refractivity contribution in [2.24, 2.45) is 5.92 Å². The van der Waals surface area contributed by atoms with E-state index in [9.17, 15) is 4.79 Å². The van der Waals surface area contributed by atoms with Crippen LogP contribution in [0.3, 0.4) is 0 Å². The van der Waals surface area contributed by atoms with Crippen molar-refractivity contribution in [1.82, 2.24) is 25.2 Å². The van der Waals surface area contributed by atoms with Gasteiger partial charge in [0.15, 0.2) is 5.69 Å². The number of nitrogens with one attached hydrogen (secondary N) is 1. The monoisotopic (exact) mass is 279 g/mol. The second-order valence-electron chi connectivity index (χ2n) is 5.44. The highest BCUT2D eigenvalue weighted by molar-refractivity contribution is 5.91. The molecule has 2 aliphatic rings. The highest BCUT2D eigenvalue weighted by Crippen LogP contribution is 2.12. The number of rotatable bonds is 3. The molecule has 0 unspecified atom stereocenters. The van der Waals surface area contributed by atoms with E-state index in [0.717, 1.165) is 19.6 Å². The van der Waals surface area contributed by atoms with Crippen LogP contribution in [0.25, 0.3) is 0 Å². The van der Waals surface area contributed by atoms with Crippen LogP contribution in [-0.2, 0) is 11.3 Å². The fourth-order valence-electron chi connectivity index (χ4n) is 2.76. The van der Waals surface area contributed by atoms with Gasteiger partial charge in [-0.1, -0.05) is 5.21 Å². The lowest BCUT2D eigenvalue weighted by atomic mass is 10.00. The number of aromatic nitrogens is 3. The fourth-order valence-corrected chi connectivity index (χ4v) is 2.76. The molecule has 1 amide bonds. The molecule has 0 aromatic carbocycles. The first-order chi connectivity index (χ1) is 9.83. The van der Waals surface area contributed by atoms with E-state index >= 15 is 0 Å². The number of piperidine rings is 1. The third-order valence-electron chi connectivity index (χ3n) is 3.90. The predicted molar refractivity (Wildman–Crippen MR) is 72.3 cm³/mol. The minimum absolute atomic E-state index is 0.0404. The van der Waals surface area contributed by atoms with Gasteiger partial charge in [-0.25, -0.2) is 0 Å². The molecule has 1 atom stereocenters. The Hall–Kier alpha value is -1.47. The van der Waals surface area contributed by atoms with Gasteiger partial charge < -0.3 is 15.0 Å². The average Bonchev–Trinajstić information content (AvgIpc) is 2.97. The summed E-state index contributed by atoms with van der Waals surface area (Å²) in [4.78, 5) is 14.0. The third-order valence-corrected chi connectivity index (χ3v) is 3.90. The number of carbonyl (C=O) groups excluding carboxylic acids is 1. The molecule has 3 heterocycles. The van der Waals surface area contributed by atoms with E-state index in [1.165, 1.54) is 12.8 Å². The molecule has 0 aliphatic carbocycles. The van der Waals surface area contributed by atoms with Crippen molar-refractivity contribution in [3.8, 4) is 0 Å². The number of hydrogen-bond donors (Lipinski definition) is 1. The highest BCUT2D eigenvalue weighted by Gasteiger charge is 2.22. The molecule has 2 saturated heterocycles. The summed E-state index contributed by atoms with van der Waals surface area (Å²) in [6, 6.07) is 0. The first-order valence-electron chi connectivity index (χ1n) is 7.31. The first-order valence-corrected chi connectivity index (χ1v) is 7.31. The van der Waals surface area contributed by atoms with Crippen LogP contribution in [0, 0.1) is 5.92 Å². The van der Waals surface area contributed by atoms with E-state index in [-0.39, 0.29) is 5.91 Å². The Morgan fingerprint density at radius 2 is 2.30 bits per heavy atom. The van der Waals surface area contributed by atoms with Gasteiger partial charge in [0.05, 0.1) is 19.4 Å². The molecular weight excluding hydrogens is 258 g/mol. The van der Waals surface area contributed by atoms with Crippen molar-refractivity contribution < 1.29 is 9.53 Å². The SMILES string of the molecule is O=C(c1cn(C[C@@H]2CCCNC2)nn1)N1CCOCC1. The normalized spacial score (nSPS) is 23.8. The Morgan fingerprint density at radius 1 is 1.45 bits per heavy atom. The van der Waals surface area contributed by atoms with Crippen LogP contribution in [0.15, 0.2) is 6.20 Å². The maximum atomic E-state index is 12.2. The average molecular weight is 279 g/mol. The molecule has 1 aromatic heterocycles. The molecule has 2 aliphatic heterocycles. The van der Waals surface area contributed by atoms with E-state index in [1.807, 2.05) is 0 Å². The maximum Gasteiger partial charge on any atom is 0.276 e. The van der Waals surface area contributed by atoms with E-state index in [0.29, 0.717) is 37.9 Å². The quantitative estimate of drug-likeness (QED) is 0.826. The number of nitrogens with zero attached hydrogens (tertiary/aromatic N) is 4. The molecule has 7 nitrogen and oxygen atoms in total. The molecule has 1 aromatic rings. The molecule has 2 fully saturated rings. The number of hydrogen-bond acceptors (Lipinski definition) is 5. The molecule has 7 heteroatoms. The standard InChI is InChI=1S/C13H21N5O2/c19-13(17-4-6-20-7-5-17)12-10-18(16-15-12)9-11-2-1-3-14-8-11/h10-11,14H,1-9H2/t11-/m1/s1. The van der Waals surface area contributed by atoms with Gasteiger partial charge in [0.2, 0.25) is 0 Å². The second-order valence-corrected chi connectivity index (χ2v) is 5.44. The van der Waals surface area contributed by atoms with E-state index in [2.05, 4.69) is 15.6 Å². The summed E-state index contributed by atoms with van der Waals surface area (Å²) in [5.41, 5.74) is 0.440. The van der Waals surface area contributed by atoms with Crippen molar-refractivity contribution in [2.45, 2.75) is 19.4 Å². The van der Waals surface area contributed by atoms with Crippen molar-refractivity contribution in [2.75, 3.05) is 39.4 Å². The molecule has 3 rings (SSSR count). The van der Waals surface area contributed by atoms with Crippen LogP contribution >= 0.6 is 0 Å². The lowest BCUT2D eigenvalue weighted by molar-refractivity contribution is 0.0299. The Bertz CT molecular complexity index is 449. The van der Waals surface area contributed by atoms with Crippen molar-refractivity contribution in [3.63, 3.8) is 0 Å². The van der Waals surface area contributed by atoms with Gasteiger partial charge in [0, 0.05) is 19.6 Å². The highest BCUT2D eigenvalue weighted by atomic mass is 16.5. The largest absolute Gasteiger partial charge is 0.378 e. The lowest BCUT2D eigenvalue weighted by Gasteiger charge is -2.25. The van der Waals surface area contributed by atoms with Gasteiger partial charge in [-0.05, 0) is 31.8 Å². The molecule has 0 saturated carbocycles. The van der Waals surface area contributed by atoms with Gasteiger partial charge in [0.25, 0.3) is 5.91 Å². The minimum Gasteiger partial charge on any atom is -0.378 e. The summed E-state index contributed by atoms with van der Waals surface area (Å²) in [7, 11) is 0. The Morgan fingerprint density at radius 3 is 3.05 bits per heavy atom. The summed E-state index contributed by atoms with van der Waals surface area (Å²) in [6.45, 7) is 5.44. The van der Waals surface area contributed by atoms with Gasteiger partial charge in [0.1, 0.15) is 0 Å². The van der Waals surface area contributed by atoms with Crippen LogP contribution in [0.4, 0.5) is 0 Å². The van der Waals surface area contributed by atoms with Gasteiger partial charge in [-0.3, -0.25) is 9.48 Å². The van der Waals surface area contributed by atoms with Crippen LogP contribution in [-0.4, -0.2) is 65.2 Å². The van der Waals surface area contributed by atoms with Crippen molar-refractivity contribution in [3.05, 3.63) is 11.9 Å². The Kier molecular flexibility index (Phi) is 4.27. The van der Waals surface area contributed by atoms with Crippen molar-refractivity contribution >= 4 is 5.91 Å². The van der Waals surface area contributed by atoms with Crippen LogP contribution < -0.4 is 5.32 Å². The second kappa shape index (κ2) is 6.32. The molecule has 1 N–H and O–H groups in total. The van der Waals surface area contributed by atoms with Crippen LogP contribution in [0.2, 0.25) is 0 Å². The zero-order valence-electron chi connectivity index (χ0n) is 11.6. The smallest absolute Gasteiger partial charge is 0.276 e. The Balaban J connectivity index is 1.59. The topological polar surface area (TPSA) is 72.3 Å². The zero-order chi connectivity index (χ0) is 13.8. The van der Waals surface area contributed by atoms with Gasteiger partial charge in [-0.2, -0.15) is 0 Å².